The number of carbonyl (C=O) groups excluding carboxylic acids is 2. The van der Waals surface area contributed by atoms with Crippen molar-refractivity contribution in [3.8, 4) is 22.8 Å². The molecule has 1 aromatic carbocycles. The van der Waals surface area contributed by atoms with Gasteiger partial charge in [0.05, 0.1) is 25.6 Å². The van der Waals surface area contributed by atoms with Gasteiger partial charge in [-0.05, 0) is 32.9 Å². The Labute approximate surface area is 169 Å². The lowest BCUT2D eigenvalue weighted by Gasteiger charge is -2.36. The molecule has 0 N–H and O–H groups in total. The Kier molecular flexibility index (Phi) is 4.37. The SMILES string of the molecule is COc1cc2c(cc1OC)N1C(=O)CN(C(=O)OC(C)(C)C)C1c1cccnc1-2. The molecule has 152 valence electrons. The number of hydrogen-bond acceptors (Lipinski definition) is 6. The van der Waals surface area contributed by atoms with Crippen molar-refractivity contribution in [2.24, 2.45) is 0 Å². The molecular weight excluding hydrogens is 374 g/mol. The summed E-state index contributed by atoms with van der Waals surface area (Å²) in [6.45, 7) is 5.30. The zero-order valence-corrected chi connectivity index (χ0v) is 17.1. The van der Waals surface area contributed by atoms with E-state index in [1.54, 1.807) is 57.2 Å². The first-order chi connectivity index (χ1) is 13.7. The highest BCUT2D eigenvalue weighted by Gasteiger charge is 2.48. The van der Waals surface area contributed by atoms with E-state index >= 15 is 0 Å². The van der Waals surface area contributed by atoms with E-state index in [1.165, 1.54) is 12.0 Å². The highest BCUT2D eigenvalue weighted by Crippen LogP contribution is 2.50. The summed E-state index contributed by atoms with van der Waals surface area (Å²) in [4.78, 5) is 33.4. The van der Waals surface area contributed by atoms with E-state index in [0.717, 1.165) is 11.1 Å². The Morgan fingerprint density at radius 1 is 1.17 bits per heavy atom. The summed E-state index contributed by atoms with van der Waals surface area (Å²) >= 11 is 0. The highest BCUT2D eigenvalue weighted by molar-refractivity contribution is 6.06. The van der Waals surface area contributed by atoms with E-state index in [9.17, 15) is 9.59 Å². The molecule has 1 aromatic heterocycles. The van der Waals surface area contributed by atoms with Crippen LogP contribution >= 0.6 is 0 Å². The molecule has 8 heteroatoms. The van der Waals surface area contributed by atoms with Crippen LogP contribution in [0.3, 0.4) is 0 Å². The lowest BCUT2D eigenvalue weighted by Crippen LogP contribution is -2.40. The van der Waals surface area contributed by atoms with Gasteiger partial charge in [0.2, 0.25) is 5.91 Å². The van der Waals surface area contributed by atoms with E-state index in [0.29, 0.717) is 22.9 Å². The van der Waals surface area contributed by atoms with Gasteiger partial charge in [-0.25, -0.2) is 4.79 Å². The van der Waals surface area contributed by atoms with Gasteiger partial charge in [0.15, 0.2) is 11.5 Å². The number of aromatic nitrogens is 1. The monoisotopic (exact) mass is 397 g/mol. The second kappa shape index (κ2) is 6.65. The van der Waals surface area contributed by atoms with Crippen molar-refractivity contribution >= 4 is 17.7 Å². The molecule has 0 bridgehead atoms. The number of benzene rings is 1. The van der Waals surface area contributed by atoms with Crippen molar-refractivity contribution in [2.75, 3.05) is 25.7 Å². The van der Waals surface area contributed by atoms with Crippen LogP contribution in [0, 0.1) is 0 Å². The number of pyridine rings is 1. The summed E-state index contributed by atoms with van der Waals surface area (Å²) in [6.07, 6.45) is 0.507. The molecule has 2 aliphatic rings. The number of fused-ring (bicyclic) bond motifs is 6. The summed E-state index contributed by atoms with van der Waals surface area (Å²) in [5.41, 5.74) is 2.13. The van der Waals surface area contributed by atoms with E-state index < -0.39 is 17.9 Å². The predicted octanol–water partition coefficient (Wildman–Crippen LogP) is 3.36. The zero-order valence-electron chi connectivity index (χ0n) is 17.1. The van der Waals surface area contributed by atoms with Crippen LogP contribution in [0.1, 0.15) is 32.5 Å². The molecule has 2 amide bonds. The van der Waals surface area contributed by atoms with Gasteiger partial charge in [-0.3, -0.25) is 19.6 Å². The molecule has 29 heavy (non-hydrogen) atoms. The summed E-state index contributed by atoms with van der Waals surface area (Å²) in [7, 11) is 3.09. The number of anilines is 1. The van der Waals surface area contributed by atoms with Crippen LogP contribution in [0.2, 0.25) is 0 Å². The van der Waals surface area contributed by atoms with E-state index in [1.807, 2.05) is 6.07 Å². The maximum Gasteiger partial charge on any atom is 0.412 e. The molecule has 1 fully saturated rings. The fourth-order valence-corrected chi connectivity index (χ4v) is 3.75. The summed E-state index contributed by atoms with van der Waals surface area (Å²) in [6, 6.07) is 7.21. The maximum absolute atomic E-state index is 13.0. The molecule has 0 radical (unpaired) electrons. The Hall–Kier alpha value is -3.29. The van der Waals surface area contributed by atoms with Gasteiger partial charge >= 0.3 is 6.09 Å². The summed E-state index contributed by atoms with van der Waals surface area (Å²) in [5, 5.41) is 0. The number of rotatable bonds is 2. The second-order valence-corrected chi connectivity index (χ2v) is 7.91. The second-order valence-electron chi connectivity index (χ2n) is 7.91. The maximum atomic E-state index is 13.0. The minimum atomic E-state index is -0.672. The Balaban J connectivity index is 1.89. The topological polar surface area (TPSA) is 81.2 Å². The van der Waals surface area contributed by atoms with Crippen molar-refractivity contribution in [1.29, 1.82) is 0 Å². The minimum absolute atomic E-state index is 0.0816. The number of carbonyl (C=O) groups is 2. The third kappa shape index (κ3) is 3.04. The third-order valence-corrected chi connectivity index (χ3v) is 4.88. The van der Waals surface area contributed by atoms with Gasteiger partial charge in [-0.15, -0.1) is 0 Å². The standard InChI is InChI=1S/C21H23N3O5/c1-21(2,3)29-20(26)23-11-17(25)24-14-10-16(28-5)15(27-4)9-13(14)18-12(19(23)24)7-6-8-22-18/h6-10,19H,11H2,1-5H3. The molecule has 8 nitrogen and oxygen atoms in total. The highest BCUT2D eigenvalue weighted by atomic mass is 16.6. The van der Waals surface area contributed by atoms with Gasteiger partial charge in [-0.2, -0.15) is 0 Å². The molecule has 2 aromatic rings. The molecule has 0 saturated carbocycles. The van der Waals surface area contributed by atoms with Crippen LogP contribution in [-0.2, 0) is 9.53 Å². The van der Waals surface area contributed by atoms with Crippen LogP contribution in [0.15, 0.2) is 30.5 Å². The normalized spacial score (nSPS) is 17.4. The van der Waals surface area contributed by atoms with Crippen molar-refractivity contribution in [1.82, 2.24) is 9.88 Å². The first kappa shape index (κ1) is 19.0. The van der Waals surface area contributed by atoms with Crippen LogP contribution in [0.25, 0.3) is 11.3 Å². The van der Waals surface area contributed by atoms with E-state index in [-0.39, 0.29) is 12.5 Å². The molecule has 2 aliphatic heterocycles. The third-order valence-electron chi connectivity index (χ3n) is 4.88. The van der Waals surface area contributed by atoms with Gasteiger partial charge in [0.25, 0.3) is 0 Å². The smallest absolute Gasteiger partial charge is 0.412 e. The lowest BCUT2D eigenvalue weighted by atomic mass is 9.95. The number of nitrogens with zero attached hydrogens (tertiary/aromatic N) is 3. The number of hydrogen-bond donors (Lipinski definition) is 0. The molecule has 1 saturated heterocycles. The van der Waals surface area contributed by atoms with Crippen LogP contribution in [0.4, 0.5) is 10.5 Å². The molecule has 0 spiro atoms. The average molecular weight is 397 g/mol. The van der Waals surface area contributed by atoms with Crippen molar-refractivity contribution in [3.63, 3.8) is 0 Å². The fraction of sp³-hybridized carbons (Fsp3) is 0.381. The van der Waals surface area contributed by atoms with E-state index in [4.69, 9.17) is 14.2 Å². The fourth-order valence-electron chi connectivity index (χ4n) is 3.75. The average Bonchev–Trinajstić information content (AvgIpc) is 3.03. The molecule has 0 aliphatic carbocycles. The first-order valence-corrected chi connectivity index (χ1v) is 9.28. The van der Waals surface area contributed by atoms with Gasteiger partial charge in [0.1, 0.15) is 18.3 Å². The van der Waals surface area contributed by atoms with Crippen LogP contribution in [0.5, 0.6) is 11.5 Å². The van der Waals surface area contributed by atoms with Gasteiger partial charge < -0.3 is 14.2 Å². The largest absolute Gasteiger partial charge is 0.493 e. The van der Waals surface area contributed by atoms with E-state index in [2.05, 4.69) is 4.98 Å². The summed E-state index contributed by atoms with van der Waals surface area (Å²) in [5.74, 6) is 0.827. The van der Waals surface area contributed by atoms with Gasteiger partial charge in [-0.1, -0.05) is 6.07 Å². The zero-order chi connectivity index (χ0) is 20.9. The number of amides is 2. The molecule has 1 atom stereocenters. The molecule has 4 rings (SSSR count). The van der Waals surface area contributed by atoms with Crippen molar-refractivity contribution in [3.05, 3.63) is 36.0 Å². The lowest BCUT2D eigenvalue weighted by molar-refractivity contribution is -0.116. The molecule has 1 unspecified atom stereocenters. The Morgan fingerprint density at radius 3 is 2.52 bits per heavy atom. The van der Waals surface area contributed by atoms with Crippen molar-refractivity contribution < 1.29 is 23.8 Å². The quantitative estimate of drug-likeness (QED) is 0.773. The first-order valence-electron chi connectivity index (χ1n) is 9.28. The summed E-state index contributed by atoms with van der Waals surface area (Å²) < 4.78 is 16.4. The minimum Gasteiger partial charge on any atom is -0.493 e. The number of methoxy groups -OCH3 is 2. The van der Waals surface area contributed by atoms with Crippen molar-refractivity contribution in [2.45, 2.75) is 32.5 Å². The molecular formula is C21H23N3O5. The van der Waals surface area contributed by atoms with Crippen LogP contribution < -0.4 is 14.4 Å². The Bertz CT molecular complexity index is 998. The van der Waals surface area contributed by atoms with Gasteiger partial charge in [0, 0.05) is 23.4 Å². The van der Waals surface area contributed by atoms with Crippen LogP contribution in [-0.4, -0.2) is 48.2 Å². The Morgan fingerprint density at radius 2 is 1.86 bits per heavy atom. The number of ether oxygens (including phenoxy) is 3. The predicted molar refractivity (Wildman–Crippen MR) is 106 cm³/mol. The molecule has 3 heterocycles.